The van der Waals surface area contributed by atoms with Gasteiger partial charge in [-0.15, -0.1) is 11.3 Å². The van der Waals surface area contributed by atoms with Crippen molar-refractivity contribution in [2.24, 2.45) is 5.92 Å². The summed E-state index contributed by atoms with van der Waals surface area (Å²) in [6.45, 7) is 3.64. The largest absolute Gasteiger partial charge is 0.348 e. The van der Waals surface area contributed by atoms with Gasteiger partial charge in [0.05, 0.1) is 12.6 Å². The molecule has 1 saturated heterocycles. The highest BCUT2D eigenvalue weighted by atomic mass is 32.1. The highest BCUT2D eigenvalue weighted by molar-refractivity contribution is 7.10. The Morgan fingerprint density at radius 2 is 2.04 bits per heavy atom. The van der Waals surface area contributed by atoms with Gasteiger partial charge in [-0.1, -0.05) is 35.9 Å². The van der Waals surface area contributed by atoms with Crippen LogP contribution in [0, 0.1) is 12.8 Å². The monoisotopic (exact) mass is 354 g/mol. The van der Waals surface area contributed by atoms with Gasteiger partial charge in [-0.05, 0) is 62.1 Å². The molecular weight excluding hydrogens is 328 g/mol. The first-order valence-corrected chi connectivity index (χ1v) is 10.2. The Balaban J connectivity index is 1.41. The maximum absolute atomic E-state index is 12.7. The van der Waals surface area contributed by atoms with Gasteiger partial charge in [-0.2, -0.15) is 0 Å². The minimum absolute atomic E-state index is 0.168. The van der Waals surface area contributed by atoms with Crippen molar-refractivity contribution in [2.75, 3.05) is 13.1 Å². The number of nitrogens with zero attached hydrogens (tertiary/aromatic N) is 1. The number of carbonyl (C=O) groups is 1. The maximum Gasteiger partial charge on any atom is 0.234 e. The van der Waals surface area contributed by atoms with E-state index in [9.17, 15) is 4.79 Å². The van der Waals surface area contributed by atoms with Gasteiger partial charge < -0.3 is 5.32 Å². The number of hydrogen-bond donors (Lipinski definition) is 1. The molecule has 1 aliphatic carbocycles. The van der Waals surface area contributed by atoms with Crippen LogP contribution in [-0.4, -0.2) is 23.9 Å². The molecule has 132 valence electrons. The molecule has 25 heavy (non-hydrogen) atoms. The second-order valence-corrected chi connectivity index (χ2v) is 8.42. The van der Waals surface area contributed by atoms with Gasteiger partial charge in [0.2, 0.25) is 5.91 Å². The lowest BCUT2D eigenvalue weighted by atomic mass is 10.0. The summed E-state index contributed by atoms with van der Waals surface area (Å²) in [5.41, 5.74) is 2.51. The van der Waals surface area contributed by atoms with E-state index < -0.39 is 0 Å². The van der Waals surface area contributed by atoms with Crippen molar-refractivity contribution < 1.29 is 4.79 Å². The van der Waals surface area contributed by atoms with E-state index in [0.29, 0.717) is 18.5 Å². The maximum atomic E-state index is 12.7. The zero-order chi connectivity index (χ0) is 17.2. The molecule has 1 saturated carbocycles. The Labute approximate surface area is 154 Å². The average molecular weight is 355 g/mol. The van der Waals surface area contributed by atoms with Crippen molar-refractivity contribution in [1.29, 1.82) is 0 Å². The van der Waals surface area contributed by atoms with Crippen LogP contribution in [0.1, 0.15) is 53.8 Å². The Morgan fingerprint density at radius 3 is 2.72 bits per heavy atom. The van der Waals surface area contributed by atoms with Gasteiger partial charge in [0.1, 0.15) is 0 Å². The standard InChI is InChI=1S/C21H26N2OS/c1-15-6-8-16(9-7-15)21(17-10-11-17)22-20(24)14-23-12-2-4-18(23)19-5-3-13-25-19/h3,5-9,13,17-18,21H,2,4,10-12,14H2,1H3,(H,22,24). The summed E-state index contributed by atoms with van der Waals surface area (Å²) in [5, 5.41) is 5.46. The zero-order valence-corrected chi connectivity index (χ0v) is 15.6. The van der Waals surface area contributed by atoms with Gasteiger partial charge in [-0.25, -0.2) is 0 Å². The van der Waals surface area contributed by atoms with Crippen LogP contribution in [0.25, 0.3) is 0 Å². The summed E-state index contributed by atoms with van der Waals surface area (Å²) in [5.74, 6) is 0.777. The number of aryl methyl sites for hydroxylation is 1. The van der Waals surface area contributed by atoms with Crippen molar-refractivity contribution in [3.8, 4) is 0 Å². The van der Waals surface area contributed by atoms with Crippen LogP contribution in [0.3, 0.4) is 0 Å². The van der Waals surface area contributed by atoms with Gasteiger partial charge in [0, 0.05) is 10.9 Å². The van der Waals surface area contributed by atoms with Crippen LogP contribution in [0.2, 0.25) is 0 Å². The van der Waals surface area contributed by atoms with Crippen molar-refractivity contribution in [1.82, 2.24) is 10.2 Å². The SMILES string of the molecule is Cc1ccc(C(NC(=O)CN2CCCC2c2cccs2)C2CC2)cc1. The Bertz CT molecular complexity index is 706. The predicted molar refractivity (Wildman–Crippen MR) is 103 cm³/mol. The summed E-state index contributed by atoms with van der Waals surface area (Å²) in [6, 6.07) is 13.5. The molecule has 0 bridgehead atoms. The van der Waals surface area contributed by atoms with E-state index in [-0.39, 0.29) is 11.9 Å². The number of carbonyl (C=O) groups excluding carboxylic acids is 1. The highest BCUT2D eigenvalue weighted by Gasteiger charge is 2.34. The quantitative estimate of drug-likeness (QED) is 0.830. The predicted octanol–water partition coefficient (Wildman–Crippen LogP) is 4.46. The molecule has 4 rings (SSSR count). The lowest BCUT2D eigenvalue weighted by Gasteiger charge is -2.25. The molecule has 1 aromatic heterocycles. The number of amides is 1. The number of nitrogens with one attached hydrogen (secondary N) is 1. The lowest BCUT2D eigenvalue weighted by Crippen LogP contribution is -2.39. The van der Waals surface area contributed by atoms with Crippen molar-refractivity contribution >= 4 is 17.2 Å². The van der Waals surface area contributed by atoms with Gasteiger partial charge in [-0.3, -0.25) is 9.69 Å². The molecule has 2 aromatic rings. The van der Waals surface area contributed by atoms with Crippen molar-refractivity contribution in [2.45, 2.75) is 44.7 Å². The van der Waals surface area contributed by atoms with Crippen LogP contribution in [0.4, 0.5) is 0 Å². The van der Waals surface area contributed by atoms with Crippen molar-refractivity contribution in [3.63, 3.8) is 0 Å². The summed E-state index contributed by atoms with van der Waals surface area (Å²) < 4.78 is 0. The Hall–Kier alpha value is -1.65. The summed E-state index contributed by atoms with van der Waals surface area (Å²) in [7, 11) is 0. The van der Waals surface area contributed by atoms with E-state index in [2.05, 4.69) is 58.9 Å². The third-order valence-corrected chi connectivity index (χ3v) is 6.40. The van der Waals surface area contributed by atoms with E-state index in [4.69, 9.17) is 0 Å². The minimum atomic E-state index is 0.168. The van der Waals surface area contributed by atoms with E-state index in [1.165, 1.54) is 35.3 Å². The first-order chi connectivity index (χ1) is 12.2. The normalized spacial score (nSPS) is 22.0. The second-order valence-electron chi connectivity index (χ2n) is 7.44. The third-order valence-electron chi connectivity index (χ3n) is 5.43. The first kappa shape index (κ1) is 16.8. The van der Waals surface area contributed by atoms with E-state index in [0.717, 1.165) is 13.0 Å². The smallest absolute Gasteiger partial charge is 0.234 e. The van der Waals surface area contributed by atoms with E-state index >= 15 is 0 Å². The molecule has 4 heteroatoms. The molecule has 2 heterocycles. The molecule has 3 nitrogen and oxygen atoms in total. The molecular formula is C21H26N2OS. The van der Waals surface area contributed by atoms with Gasteiger partial charge in [0.15, 0.2) is 0 Å². The van der Waals surface area contributed by atoms with Crippen LogP contribution >= 0.6 is 11.3 Å². The second kappa shape index (κ2) is 7.30. The summed E-state index contributed by atoms with van der Waals surface area (Å²) in [4.78, 5) is 16.5. The van der Waals surface area contributed by atoms with E-state index in [1.54, 1.807) is 11.3 Å². The molecule has 1 amide bonds. The molecule has 0 spiro atoms. The van der Waals surface area contributed by atoms with Gasteiger partial charge >= 0.3 is 0 Å². The Kier molecular flexibility index (Phi) is 4.91. The van der Waals surface area contributed by atoms with Crippen LogP contribution in [-0.2, 0) is 4.79 Å². The average Bonchev–Trinajstić information content (AvgIpc) is 3.10. The Morgan fingerprint density at radius 1 is 1.24 bits per heavy atom. The molecule has 0 radical (unpaired) electrons. The molecule has 1 aliphatic heterocycles. The lowest BCUT2D eigenvalue weighted by molar-refractivity contribution is -0.123. The molecule has 2 atom stereocenters. The summed E-state index contributed by atoms with van der Waals surface area (Å²) >= 11 is 1.80. The van der Waals surface area contributed by atoms with Crippen LogP contribution in [0.15, 0.2) is 41.8 Å². The minimum Gasteiger partial charge on any atom is -0.348 e. The highest BCUT2D eigenvalue weighted by Crippen LogP contribution is 2.41. The third kappa shape index (κ3) is 3.96. The molecule has 2 aliphatic rings. The molecule has 2 unspecified atom stereocenters. The van der Waals surface area contributed by atoms with Crippen LogP contribution < -0.4 is 5.32 Å². The molecule has 1 aromatic carbocycles. The number of thiophene rings is 1. The number of benzene rings is 1. The molecule has 1 N–H and O–H groups in total. The van der Waals surface area contributed by atoms with Crippen LogP contribution in [0.5, 0.6) is 0 Å². The van der Waals surface area contributed by atoms with Crippen molar-refractivity contribution in [3.05, 3.63) is 57.8 Å². The van der Waals surface area contributed by atoms with E-state index in [1.807, 2.05) is 0 Å². The molecule has 2 fully saturated rings. The first-order valence-electron chi connectivity index (χ1n) is 9.34. The number of rotatable bonds is 6. The zero-order valence-electron chi connectivity index (χ0n) is 14.8. The number of hydrogen-bond acceptors (Lipinski definition) is 3. The fourth-order valence-electron chi connectivity index (χ4n) is 3.90. The number of likely N-dealkylation sites (tertiary alicyclic amines) is 1. The summed E-state index contributed by atoms with van der Waals surface area (Å²) in [6.07, 6.45) is 4.79. The topological polar surface area (TPSA) is 32.3 Å². The fourth-order valence-corrected chi connectivity index (χ4v) is 4.79. The van der Waals surface area contributed by atoms with Gasteiger partial charge in [0.25, 0.3) is 0 Å². The fraction of sp³-hybridized carbons (Fsp3) is 0.476.